The molecule has 6 nitrogen and oxygen atoms in total. The van der Waals surface area contributed by atoms with E-state index in [-0.39, 0.29) is 17.9 Å². The van der Waals surface area contributed by atoms with E-state index >= 15 is 0 Å². The van der Waals surface area contributed by atoms with Crippen molar-refractivity contribution in [3.63, 3.8) is 0 Å². The summed E-state index contributed by atoms with van der Waals surface area (Å²) in [5, 5.41) is 13.9. The lowest BCUT2D eigenvalue weighted by Crippen LogP contribution is -2.33. The van der Waals surface area contributed by atoms with Gasteiger partial charge in [-0.15, -0.1) is 0 Å². The van der Waals surface area contributed by atoms with E-state index in [9.17, 15) is 9.90 Å². The maximum Gasteiger partial charge on any atom is 0.278 e. The Labute approximate surface area is 124 Å². The molecule has 1 aromatic rings. The molecule has 6 heteroatoms. The van der Waals surface area contributed by atoms with Crippen molar-refractivity contribution in [2.24, 2.45) is 0 Å². The van der Waals surface area contributed by atoms with Crippen molar-refractivity contribution in [2.75, 3.05) is 25.1 Å². The first-order chi connectivity index (χ1) is 10.1. The highest BCUT2D eigenvalue weighted by atomic mass is 16.5. The summed E-state index contributed by atoms with van der Waals surface area (Å²) in [6.45, 7) is 7.02. The van der Waals surface area contributed by atoms with Gasteiger partial charge in [0.05, 0.1) is 23.6 Å². The molecular formula is C15H23N3O3. The fourth-order valence-electron chi connectivity index (χ4n) is 2.67. The Kier molecular flexibility index (Phi) is 5.14. The highest BCUT2D eigenvalue weighted by Crippen LogP contribution is 2.23. The van der Waals surface area contributed by atoms with Crippen LogP contribution in [0.15, 0.2) is 17.6 Å². The average Bonchev–Trinajstić information content (AvgIpc) is 2.91. The number of β-amino-alcohol motifs (C(OH)–C–C–N with tert-alkyl or cyclic N) is 1. The molecule has 0 spiro atoms. The van der Waals surface area contributed by atoms with Crippen molar-refractivity contribution in [1.29, 1.82) is 0 Å². The fraction of sp³-hybridized carbons (Fsp3) is 0.600. The molecule has 0 aliphatic carbocycles. The normalized spacial score (nSPS) is 19.8. The smallest absolute Gasteiger partial charge is 0.278 e. The highest BCUT2D eigenvalue weighted by Gasteiger charge is 2.24. The summed E-state index contributed by atoms with van der Waals surface area (Å²) in [5.41, 5.74) is 1.04. The molecule has 0 radical (unpaired) electrons. The summed E-state index contributed by atoms with van der Waals surface area (Å²) in [5.74, 6) is 0. The second-order valence-electron chi connectivity index (χ2n) is 5.26. The van der Waals surface area contributed by atoms with Crippen molar-refractivity contribution >= 4 is 11.8 Å². The SMILES string of the molecule is C=Cc1c(N2CCC(O)C2)cnn(C(CCC)OC)c1=O. The minimum absolute atomic E-state index is 0.204. The number of hydrogen-bond acceptors (Lipinski definition) is 5. The average molecular weight is 293 g/mol. The molecule has 2 unspecified atom stereocenters. The summed E-state index contributed by atoms with van der Waals surface area (Å²) in [6, 6.07) is 0. The molecular weight excluding hydrogens is 270 g/mol. The molecule has 1 aliphatic heterocycles. The van der Waals surface area contributed by atoms with Gasteiger partial charge < -0.3 is 14.7 Å². The third-order valence-corrected chi connectivity index (χ3v) is 3.81. The van der Waals surface area contributed by atoms with Gasteiger partial charge in [0.15, 0.2) is 6.23 Å². The Bertz CT molecular complexity index is 556. The molecule has 0 saturated carbocycles. The molecule has 0 amide bonds. The van der Waals surface area contributed by atoms with Crippen LogP contribution in [-0.4, -0.2) is 41.2 Å². The molecule has 116 valence electrons. The summed E-state index contributed by atoms with van der Waals surface area (Å²) in [4.78, 5) is 14.6. The van der Waals surface area contributed by atoms with E-state index in [1.807, 2.05) is 11.8 Å². The molecule has 1 aromatic heterocycles. The number of rotatable bonds is 6. The summed E-state index contributed by atoms with van der Waals surface area (Å²) in [6.07, 6.45) is 4.84. The van der Waals surface area contributed by atoms with Crippen molar-refractivity contribution < 1.29 is 9.84 Å². The summed E-state index contributed by atoms with van der Waals surface area (Å²) < 4.78 is 6.72. The number of aliphatic hydroxyl groups is 1. The molecule has 1 aliphatic rings. The van der Waals surface area contributed by atoms with Gasteiger partial charge in [0, 0.05) is 20.2 Å². The van der Waals surface area contributed by atoms with Crippen molar-refractivity contribution in [1.82, 2.24) is 9.78 Å². The predicted octanol–water partition coefficient (Wildman–Crippen LogP) is 1.40. The quantitative estimate of drug-likeness (QED) is 0.859. The van der Waals surface area contributed by atoms with Gasteiger partial charge in [-0.3, -0.25) is 4.79 Å². The van der Waals surface area contributed by atoms with Gasteiger partial charge in [-0.05, 0) is 12.8 Å². The van der Waals surface area contributed by atoms with Crippen LogP contribution in [0.3, 0.4) is 0 Å². The lowest BCUT2D eigenvalue weighted by atomic mass is 10.2. The van der Waals surface area contributed by atoms with Crippen LogP contribution in [0.1, 0.15) is 38.0 Å². The van der Waals surface area contributed by atoms with E-state index < -0.39 is 0 Å². The zero-order chi connectivity index (χ0) is 15.4. The lowest BCUT2D eigenvalue weighted by Gasteiger charge is -2.22. The van der Waals surface area contributed by atoms with Gasteiger partial charge in [-0.2, -0.15) is 5.10 Å². The van der Waals surface area contributed by atoms with Crippen LogP contribution in [-0.2, 0) is 4.74 Å². The molecule has 21 heavy (non-hydrogen) atoms. The molecule has 0 aromatic carbocycles. The van der Waals surface area contributed by atoms with Gasteiger partial charge >= 0.3 is 0 Å². The largest absolute Gasteiger partial charge is 0.391 e. The second-order valence-corrected chi connectivity index (χ2v) is 5.26. The Balaban J connectivity index is 2.40. The van der Waals surface area contributed by atoms with Gasteiger partial charge in [0.25, 0.3) is 5.56 Å². The number of aromatic nitrogens is 2. The first-order valence-electron chi connectivity index (χ1n) is 7.32. The molecule has 2 heterocycles. The fourth-order valence-corrected chi connectivity index (χ4v) is 2.67. The van der Waals surface area contributed by atoms with E-state index in [1.165, 1.54) is 4.68 Å². The standard InChI is InChI=1S/C15H23N3O3/c1-4-6-14(21-3)18-15(20)12(5-2)13(9-16-18)17-8-7-11(19)10-17/h5,9,11,14,19H,2,4,6-8,10H2,1,3H3. The van der Waals surface area contributed by atoms with Crippen LogP contribution in [0.2, 0.25) is 0 Å². The number of nitrogens with zero attached hydrogens (tertiary/aromatic N) is 3. The first kappa shape index (κ1) is 15.7. The zero-order valence-electron chi connectivity index (χ0n) is 12.7. The van der Waals surface area contributed by atoms with Gasteiger partial charge in [-0.25, -0.2) is 4.68 Å². The van der Waals surface area contributed by atoms with Gasteiger partial charge in [0.1, 0.15) is 0 Å². The van der Waals surface area contributed by atoms with E-state index in [1.54, 1.807) is 19.4 Å². The van der Waals surface area contributed by atoms with Crippen LogP contribution in [0.5, 0.6) is 0 Å². The van der Waals surface area contributed by atoms with Crippen molar-refractivity contribution in [2.45, 2.75) is 38.5 Å². The van der Waals surface area contributed by atoms with Crippen molar-refractivity contribution in [3.05, 3.63) is 28.7 Å². The van der Waals surface area contributed by atoms with Crippen molar-refractivity contribution in [3.8, 4) is 0 Å². The second kappa shape index (κ2) is 6.87. The monoisotopic (exact) mass is 293 g/mol. The van der Waals surface area contributed by atoms with Crippen LogP contribution in [0.25, 0.3) is 6.08 Å². The minimum Gasteiger partial charge on any atom is -0.391 e. The Morgan fingerprint density at radius 2 is 2.43 bits per heavy atom. The number of methoxy groups -OCH3 is 1. The third-order valence-electron chi connectivity index (χ3n) is 3.81. The van der Waals surface area contributed by atoms with E-state index in [4.69, 9.17) is 4.74 Å². The maximum atomic E-state index is 12.6. The highest BCUT2D eigenvalue weighted by molar-refractivity contribution is 5.65. The predicted molar refractivity (Wildman–Crippen MR) is 82.4 cm³/mol. The molecule has 2 rings (SSSR count). The van der Waals surface area contributed by atoms with Crippen LogP contribution < -0.4 is 10.5 Å². The number of ether oxygens (including phenoxy) is 1. The number of anilines is 1. The summed E-state index contributed by atoms with van der Waals surface area (Å²) >= 11 is 0. The van der Waals surface area contributed by atoms with Gasteiger partial charge in [-0.1, -0.05) is 26.0 Å². The Morgan fingerprint density at radius 3 is 2.95 bits per heavy atom. The van der Waals surface area contributed by atoms with Crippen LogP contribution >= 0.6 is 0 Å². The number of aliphatic hydroxyl groups excluding tert-OH is 1. The minimum atomic E-state index is -0.362. The Morgan fingerprint density at radius 1 is 1.67 bits per heavy atom. The first-order valence-corrected chi connectivity index (χ1v) is 7.32. The van der Waals surface area contributed by atoms with Crippen LogP contribution in [0.4, 0.5) is 5.69 Å². The van der Waals surface area contributed by atoms with E-state index in [2.05, 4.69) is 11.7 Å². The topological polar surface area (TPSA) is 67.6 Å². The Hall–Kier alpha value is -1.66. The zero-order valence-corrected chi connectivity index (χ0v) is 12.7. The molecule has 1 saturated heterocycles. The molecule has 2 atom stereocenters. The lowest BCUT2D eigenvalue weighted by molar-refractivity contribution is 0.0223. The van der Waals surface area contributed by atoms with E-state index in [0.717, 1.165) is 25.1 Å². The third kappa shape index (κ3) is 3.16. The molecule has 1 N–H and O–H groups in total. The summed E-state index contributed by atoms with van der Waals surface area (Å²) in [7, 11) is 1.58. The van der Waals surface area contributed by atoms with Crippen LogP contribution in [0, 0.1) is 0 Å². The maximum absolute atomic E-state index is 12.6. The molecule has 1 fully saturated rings. The van der Waals surface area contributed by atoms with E-state index in [0.29, 0.717) is 18.5 Å². The number of hydrogen-bond donors (Lipinski definition) is 1. The van der Waals surface area contributed by atoms with Gasteiger partial charge in [0.2, 0.25) is 0 Å². The molecule has 0 bridgehead atoms.